The summed E-state index contributed by atoms with van der Waals surface area (Å²) in [6.07, 6.45) is 1.64. The summed E-state index contributed by atoms with van der Waals surface area (Å²) in [7, 11) is 2.89. The van der Waals surface area contributed by atoms with E-state index in [-0.39, 0.29) is 17.7 Å². The largest absolute Gasteiger partial charge is 0.496 e. The van der Waals surface area contributed by atoms with E-state index in [9.17, 15) is 14.4 Å². The topological polar surface area (TPSA) is 109 Å². The Balaban J connectivity index is 1.61. The number of furan rings is 1. The second-order valence-corrected chi connectivity index (χ2v) is 10.8. The minimum Gasteiger partial charge on any atom is -0.496 e. The standard InChI is InChI=1S/C30H25BrN2O7S/c1-5-39-29(36)25-16(2)32-30-33(26(25)18-9-11-23(37-3)21(31)14-18)27(34)24(41-30)15-20-10-12-22(40-20)17-7-6-8-19(13-17)28(35)38-4/h6-15,26H,5H2,1-4H3/b24-15-/t26-/m1/s1. The smallest absolute Gasteiger partial charge is 0.338 e. The number of aromatic nitrogens is 1. The van der Waals surface area contributed by atoms with Crippen molar-refractivity contribution in [2.45, 2.75) is 19.9 Å². The summed E-state index contributed by atoms with van der Waals surface area (Å²) >= 11 is 4.71. The van der Waals surface area contributed by atoms with Crippen molar-refractivity contribution in [2.24, 2.45) is 4.99 Å². The lowest BCUT2D eigenvalue weighted by molar-refractivity contribution is -0.139. The number of rotatable bonds is 7. The molecule has 1 atom stereocenters. The van der Waals surface area contributed by atoms with Gasteiger partial charge in [-0.1, -0.05) is 29.5 Å². The van der Waals surface area contributed by atoms with Gasteiger partial charge in [-0.05, 0) is 71.7 Å². The lowest BCUT2D eigenvalue weighted by atomic mass is 9.96. The Morgan fingerprint density at radius 2 is 1.93 bits per heavy atom. The molecule has 210 valence electrons. The van der Waals surface area contributed by atoms with Gasteiger partial charge in [0.2, 0.25) is 0 Å². The van der Waals surface area contributed by atoms with Crippen molar-refractivity contribution in [3.8, 4) is 17.1 Å². The van der Waals surface area contributed by atoms with E-state index < -0.39 is 18.0 Å². The first-order valence-electron chi connectivity index (χ1n) is 12.6. The van der Waals surface area contributed by atoms with Gasteiger partial charge in [-0.3, -0.25) is 9.36 Å². The van der Waals surface area contributed by atoms with Crippen LogP contribution in [0.25, 0.3) is 17.4 Å². The molecule has 5 rings (SSSR count). The highest BCUT2D eigenvalue weighted by Crippen LogP contribution is 2.35. The molecule has 41 heavy (non-hydrogen) atoms. The maximum atomic E-state index is 13.8. The summed E-state index contributed by atoms with van der Waals surface area (Å²) in [6.45, 7) is 3.64. The third-order valence-corrected chi connectivity index (χ3v) is 8.08. The fourth-order valence-corrected chi connectivity index (χ4v) is 6.18. The number of ether oxygens (including phenoxy) is 3. The predicted octanol–water partition coefficient (Wildman–Crippen LogP) is 4.62. The lowest BCUT2D eigenvalue weighted by Gasteiger charge is -2.25. The van der Waals surface area contributed by atoms with E-state index in [4.69, 9.17) is 18.6 Å². The molecule has 11 heteroatoms. The number of thiazole rings is 1. The fourth-order valence-electron chi connectivity index (χ4n) is 4.59. The van der Waals surface area contributed by atoms with Crippen LogP contribution >= 0.6 is 27.3 Å². The van der Waals surface area contributed by atoms with Crippen LogP contribution in [0.3, 0.4) is 0 Å². The number of allylic oxidation sites excluding steroid dienone is 1. The Kier molecular flexibility index (Phi) is 8.09. The molecular weight excluding hydrogens is 612 g/mol. The highest BCUT2D eigenvalue weighted by atomic mass is 79.9. The van der Waals surface area contributed by atoms with Crippen molar-refractivity contribution in [1.29, 1.82) is 0 Å². The quantitative estimate of drug-likeness (QED) is 0.272. The van der Waals surface area contributed by atoms with Crippen LogP contribution in [0.5, 0.6) is 5.75 Å². The number of esters is 2. The zero-order valence-electron chi connectivity index (χ0n) is 22.6. The van der Waals surface area contributed by atoms with Gasteiger partial charge >= 0.3 is 11.9 Å². The van der Waals surface area contributed by atoms with Crippen LogP contribution in [0.2, 0.25) is 0 Å². The van der Waals surface area contributed by atoms with Crippen LogP contribution in [0.15, 0.2) is 84.5 Å². The van der Waals surface area contributed by atoms with Crippen molar-refractivity contribution in [1.82, 2.24) is 4.57 Å². The van der Waals surface area contributed by atoms with E-state index in [1.54, 1.807) is 63.4 Å². The predicted molar refractivity (Wildman–Crippen MR) is 157 cm³/mol. The number of halogens is 1. The van der Waals surface area contributed by atoms with Crippen molar-refractivity contribution >= 4 is 45.3 Å². The van der Waals surface area contributed by atoms with Crippen LogP contribution in [0.1, 0.15) is 41.6 Å². The number of nitrogens with zero attached hydrogens (tertiary/aromatic N) is 2. The van der Waals surface area contributed by atoms with E-state index in [2.05, 4.69) is 20.9 Å². The molecule has 4 aromatic rings. The Labute approximate surface area is 247 Å². The molecule has 2 aromatic heterocycles. The third kappa shape index (κ3) is 5.42. The van der Waals surface area contributed by atoms with Gasteiger partial charge in [-0.2, -0.15) is 0 Å². The molecule has 1 aliphatic rings. The number of hydrogen-bond acceptors (Lipinski definition) is 9. The molecule has 0 spiro atoms. The van der Waals surface area contributed by atoms with Gasteiger partial charge in [0.25, 0.3) is 5.56 Å². The zero-order valence-corrected chi connectivity index (χ0v) is 25.0. The van der Waals surface area contributed by atoms with Crippen LogP contribution in [-0.2, 0) is 14.3 Å². The van der Waals surface area contributed by atoms with Gasteiger partial charge in [0, 0.05) is 11.6 Å². The Morgan fingerprint density at radius 3 is 2.63 bits per heavy atom. The third-order valence-electron chi connectivity index (χ3n) is 6.48. The molecule has 9 nitrogen and oxygen atoms in total. The first-order chi connectivity index (χ1) is 19.7. The molecule has 0 unspecified atom stereocenters. The van der Waals surface area contributed by atoms with Gasteiger partial charge in [0.15, 0.2) is 4.80 Å². The zero-order chi connectivity index (χ0) is 29.3. The summed E-state index contributed by atoms with van der Waals surface area (Å²) < 4.78 is 24.1. The average Bonchev–Trinajstić information content (AvgIpc) is 3.56. The number of methoxy groups -OCH3 is 2. The lowest BCUT2D eigenvalue weighted by Crippen LogP contribution is -2.39. The van der Waals surface area contributed by atoms with Gasteiger partial charge in [0.05, 0.1) is 52.7 Å². The summed E-state index contributed by atoms with van der Waals surface area (Å²) in [4.78, 5) is 43.9. The first kappa shape index (κ1) is 28.3. The van der Waals surface area contributed by atoms with Gasteiger partial charge in [-0.15, -0.1) is 0 Å². The minimum absolute atomic E-state index is 0.183. The Morgan fingerprint density at radius 1 is 1.12 bits per heavy atom. The molecular formula is C30H25BrN2O7S. The molecule has 0 aliphatic carbocycles. The number of benzene rings is 2. The maximum absolute atomic E-state index is 13.8. The number of carbonyl (C=O) groups is 2. The van der Waals surface area contributed by atoms with E-state index in [1.165, 1.54) is 23.0 Å². The molecule has 0 saturated heterocycles. The van der Waals surface area contributed by atoms with Crippen molar-refractivity contribution in [2.75, 3.05) is 20.8 Å². The first-order valence-corrected chi connectivity index (χ1v) is 14.2. The van der Waals surface area contributed by atoms with E-state index in [0.29, 0.717) is 53.5 Å². The number of hydrogen-bond donors (Lipinski definition) is 0. The number of fused-ring (bicyclic) bond motifs is 1. The molecule has 0 amide bonds. The molecule has 2 aromatic carbocycles. The van der Waals surface area contributed by atoms with Gasteiger partial charge < -0.3 is 18.6 Å². The summed E-state index contributed by atoms with van der Waals surface area (Å²) in [5.41, 5.74) is 2.20. The molecule has 0 N–H and O–H groups in total. The SMILES string of the molecule is CCOC(=O)C1=C(C)N=c2s/c(=C\c3ccc(-c4cccc(C(=O)OC)c4)o3)c(=O)n2[C@@H]1c1ccc(OC)c(Br)c1. The molecule has 0 radical (unpaired) electrons. The highest BCUT2D eigenvalue weighted by Gasteiger charge is 2.33. The van der Waals surface area contributed by atoms with Gasteiger partial charge in [0.1, 0.15) is 17.3 Å². The summed E-state index contributed by atoms with van der Waals surface area (Å²) in [6, 6.07) is 15.0. The van der Waals surface area contributed by atoms with Crippen LogP contribution in [0, 0.1) is 0 Å². The molecule has 1 aliphatic heterocycles. The second kappa shape index (κ2) is 11.7. The second-order valence-electron chi connectivity index (χ2n) is 8.97. The van der Waals surface area contributed by atoms with Gasteiger partial charge in [-0.25, -0.2) is 14.6 Å². The average molecular weight is 638 g/mol. The fraction of sp³-hybridized carbons (Fsp3) is 0.200. The van der Waals surface area contributed by atoms with Crippen LogP contribution in [-0.4, -0.2) is 37.3 Å². The Bertz CT molecular complexity index is 1880. The van der Waals surface area contributed by atoms with Crippen molar-refractivity contribution in [3.63, 3.8) is 0 Å². The monoisotopic (exact) mass is 636 g/mol. The number of carbonyl (C=O) groups excluding carboxylic acids is 2. The van der Waals surface area contributed by atoms with Crippen LogP contribution < -0.4 is 19.6 Å². The summed E-state index contributed by atoms with van der Waals surface area (Å²) in [5.74, 6) is 0.598. The molecule has 0 bridgehead atoms. The van der Waals surface area contributed by atoms with E-state index in [1.807, 2.05) is 18.2 Å². The van der Waals surface area contributed by atoms with Crippen molar-refractivity contribution < 1.29 is 28.2 Å². The Hall–Kier alpha value is -4.22. The molecule has 0 saturated carbocycles. The summed E-state index contributed by atoms with van der Waals surface area (Å²) in [5, 5.41) is 0. The molecule has 0 fully saturated rings. The molecule has 3 heterocycles. The highest BCUT2D eigenvalue weighted by molar-refractivity contribution is 9.10. The van der Waals surface area contributed by atoms with E-state index in [0.717, 1.165) is 0 Å². The minimum atomic E-state index is -0.761. The van der Waals surface area contributed by atoms with E-state index >= 15 is 0 Å². The maximum Gasteiger partial charge on any atom is 0.338 e. The van der Waals surface area contributed by atoms with Crippen molar-refractivity contribution in [3.05, 3.63) is 107 Å². The normalized spacial score (nSPS) is 14.9. The van der Waals surface area contributed by atoms with Crippen LogP contribution in [0.4, 0.5) is 0 Å².